The van der Waals surface area contributed by atoms with Crippen molar-refractivity contribution in [3.63, 3.8) is 0 Å². The summed E-state index contributed by atoms with van der Waals surface area (Å²) >= 11 is 3.43. The van der Waals surface area contributed by atoms with Crippen LogP contribution in [0, 0.1) is 0 Å². The third kappa shape index (κ3) is 3.96. The standard InChI is InChI=1S/C22H15BrO6S/c1-27-15-6-9-17(10-7-15)30(25,26)29-16-8-11-18-20(13-16)28-21(22(18)24)12-14-4-2-3-5-19(14)23/h2-13H,1H3. The Balaban J connectivity index is 1.59. The topological polar surface area (TPSA) is 78.9 Å². The second-order valence-corrected chi connectivity index (χ2v) is 8.73. The zero-order valence-electron chi connectivity index (χ0n) is 15.7. The van der Waals surface area contributed by atoms with Gasteiger partial charge >= 0.3 is 10.1 Å². The number of Topliss-reactive ketones (excluding diaryl/α,β-unsaturated/α-hetero) is 1. The smallest absolute Gasteiger partial charge is 0.339 e. The van der Waals surface area contributed by atoms with E-state index in [4.69, 9.17) is 13.7 Å². The molecule has 0 aliphatic carbocycles. The summed E-state index contributed by atoms with van der Waals surface area (Å²) in [6.07, 6.45) is 1.63. The normalized spacial score (nSPS) is 14.3. The van der Waals surface area contributed by atoms with E-state index >= 15 is 0 Å². The highest BCUT2D eigenvalue weighted by molar-refractivity contribution is 9.10. The van der Waals surface area contributed by atoms with Crippen molar-refractivity contribution < 1.29 is 26.9 Å². The Morgan fingerprint density at radius 1 is 0.967 bits per heavy atom. The summed E-state index contributed by atoms with van der Waals surface area (Å²) in [5, 5.41) is 0. The maximum absolute atomic E-state index is 12.6. The van der Waals surface area contributed by atoms with Gasteiger partial charge in [-0.25, -0.2) is 0 Å². The molecule has 3 aromatic carbocycles. The van der Waals surface area contributed by atoms with Crippen molar-refractivity contribution in [3.05, 3.63) is 88.1 Å². The van der Waals surface area contributed by atoms with Crippen molar-refractivity contribution >= 4 is 37.9 Å². The van der Waals surface area contributed by atoms with E-state index in [1.54, 1.807) is 6.08 Å². The number of methoxy groups -OCH3 is 1. The van der Waals surface area contributed by atoms with Gasteiger partial charge in [-0.15, -0.1) is 0 Å². The second-order valence-electron chi connectivity index (χ2n) is 6.33. The van der Waals surface area contributed by atoms with Crippen LogP contribution in [0.2, 0.25) is 0 Å². The molecule has 0 amide bonds. The molecule has 0 spiro atoms. The van der Waals surface area contributed by atoms with Gasteiger partial charge in [0, 0.05) is 10.5 Å². The van der Waals surface area contributed by atoms with E-state index in [0.29, 0.717) is 11.3 Å². The number of hydrogen-bond donors (Lipinski definition) is 0. The molecule has 0 saturated carbocycles. The van der Waals surface area contributed by atoms with Crippen LogP contribution in [0.5, 0.6) is 17.2 Å². The van der Waals surface area contributed by atoms with Crippen molar-refractivity contribution in [2.45, 2.75) is 4.90 Å². The Morgan fingerprint density at radius 3 is 2.37 bits per heavy atom. The van der Waals surface area contributed by atoms with Gasteiger partial charge in [-0.3, -0.25) is 4.79 Å². The minimum Gasteiger partial charge on any atom is -0.497 e. The predicted octanol–water partition coefficient (Wildman–Crippen LogP) is 4.84. The van der Waals surface area contributed by atoms with Crippen molar-refractivity contribution in [1.82, 2.24) is 0 Å². The molecule has 3 aromatic rings. The van der Waals surface area contributed by atoms with Crippen LogP contribution in [0.25, 0.3) is 6.08 Å². The van der Waals surface area contributed by atoms with Crippen molar-refractivity contribution in [2.75, 3.05) is 7.11 Å². The van der Waals surface area contributed by atoms with Crippen LogP contribution in [0.4, 0.5) is 0 Å². The molecule has 0 saturated heterocycles. The molecular formula is C22H15BrO6S. The number of ketones is 1. The summed E-state index contributed by atoms with van der Waals surface area (Å²) in [6, 6.07) is 17.5. The highest BCUT2D eigenvalue weighted by Gasteiger charge is 2.29. The molecule has 6 nitrogen and oxygen atoms in total. The summed E-state index contributed by atoms with van der Waals surface area (Å²) in [6.45, 7) is 0. The fraction of sp³-hybridized carbons (Fsp3) is 0.0455. The molecule has 1 heterocycles. The molecule has 0 atom stereocenters. The van der Waals surface area contributed by atoms with Crippen LogP contribution in [0.15, 0.2) is 81.9 Å². The first-order chi connectivity index (χ1) is 14.4. The Hall–Kier alpha value is -3.10. The lowest BCUT2D eigenvalue weighted by molar-refractivity contribution is 0.101. The summed E-state index contributed by atoms with van der Waals surface area (Å²) in [4.78, 5) is 12.6. The minimum atomic E-state index is -4.05. The highest BCUT2D eigenvalue weighted by atomic mass is 79.9. The number of hydrogen-bond acceptors (Lipinski definition) is 6. The highest BCUT2D eigenvalue weighted by Crippen LogP contribution is 2.36. The average Bonchev–Trinajstić information content (AvgIpc) is 3.04. The van der Waals surface area contributed by atoms with E-state index < -0.39 is 10.1 Å². The first-order valence-electron chi connectivity index (χ1n) is 8.79. The minimum absolute atomic E-state index is 0.0182. The SMILES string of the molecule is COc1ccc(S(=O)(=O)Oc2ccc3c(c2)OC(=Cc2ccccc2Br)C3=O)cc1. The van der Waals surface area contributed by atoms with Crippen LogP contribution in [-0.4, -0.2) is 21.3 Å². The van der Waals surface area contributed by atoms with E-state index in [1.165, 1.54) is 49.6 Å². The Morgan fingerprint density at radius 2 is 1.67 bits per heavy atom. The summed E-state index contributed by atoms with van der Waals surface area (Å²) in [5.74, 6) is 0.667. The second kappa shape index (κ2) is 7.97. The zero-order valence-corrected chi connectivity index (χ0v) is 18.1. The van der Waals surface area contributed by atoms with Gasteiger partial charge < -0.3 is 13.7 Å². The molecule has 0 aromatic heterocycles. The fourth-order valence-electron chi connectivity index (χ4n) is 2.87. The Kier molecular flexibility index (Phi) is 5.36. The monoisotopic (exact) mass is 486 g/mol. The molecule has 0 unspecified atom stereocenters. The van der Waals surface area contributed by atoms with Crippen molar-refractivity contribution in [2.24, 2.45) is 0 Å². The number of allylic oxidation sites excluding steroid dienone is 1. The third-order valence-electron chi connectivity index (χ3n) is 4.39. The lowest BCUT2D eigenvalue weighted by Crippen LogP contribution is -2.09. The summed E-state index contributed by atoms with van der Waals surface area (Å²) in [7, 11) is -2.56. The van der Waals surface area contributed by atoms with Gasteiger partial charge in [0.2, 0.25) is 5.78 Å². The van der Waals surface area contributed by atoms with Gasteiger partial charge in [0.05, 0.1) is 12.7 Å². The maximum atomic E-state index is 12.6. The first-order valence-corrected chi connectivity index (χ1v) is 11.0. The van der Waals surface area contributed by atoms with Crippen molar-refractivity contribution in [1.29, 1.82) is 0 Å². The van der Waals surface area contributed by atoms with Crippen LogP contribution in [0.1, 0.15) is 15.9 Å². The van der Waals surface area contributed by atoms with Crippen LogP contribution in [0.3, 0.4) is 0 Å². The van der Waals surface area contributed by atoms with Crippen LogP contribution >= 0.6 is 15.9 Å². The molecule has 30 heavy (non-hydrogen) atoms. The number of benzene rings is 3. The van der Waals surface area contributed by atoms with E-state index in [9.17, 15) is 13.2 Å². The summed E-state index contributed by atoms with van der Waals surface area (Å²) < 4.78 is 41.8. The molecule has 0 radical (unpaired) electrons. The van der Waals surface area contributed by atoms with Crippen LogP contribution < -0.4 is 13.7 Å². The molecule has 4 rings (SSSR count). The lowest BCUT2D eigenvalue weighted by Gasteiger charge is -2.08. The third-order valence-corrected chi connectivity index (χ3v) is 6.37. The van der Waals surface area contributed by atoms with Gasteiger partial charge in [0.1, 0.15) is 22.1 Å². The molecule has 0 N–H and O–H groups in total. The van der Waals surface area contributed by atoms with Gasteiger partial charge in [0.25, 0.3) is 0 Å². The molecule has 152 valence electrons. The Labute approximate surface area is 182 Å². The lowest BCUT2D eigenvalue weighted by atomic mass is 10.1. The Bertz CT molecular complexity index is 1260. The first kappa shape index (κ1) is 20.2. The van der Waals surface area contributed by atoms with Crippen molar-refractivity contribution in [3.8, 4) is 17.2 Å². The molecule has 0 fully saturated rings. The van der Waals surface area contributed by atoms with Gasteiger partial charge in [0.15, 0.2) is 5.76 Å². The number of carbonyl (C=O) groups excluding carboxylic acids is 1. The quantitative estimate of drug-likeness (QED) is 0.379. The molecular weight excluding hydrogens is 472 g/mol. The van der Waals surface area contributed by atoms with Gasteiger partial charge in [-0.05, 0) is 54.1 Å². The van der Waals surface area contributed by atoms with E-state index in [2.05, 4.69) is 15.9 Å². The predicted molar refractivity (Wildman–Crippen MR) is 114 cm³/mol. The molecule has 1 aliphatic rings. The average molecular weight is 487 g/mol. The van der Waals surface area contributed by atoms with Crippen LogP contribution in [-0.2, 0) is 10.1 Å². The molecule has 8 heteroatoms. The number of halogens is 1. The summed E-state index contributed by atoms with van der Waals surface area (Å²) in [5.41, 5.74) is 1.12. The number of rotatable bonds is 5. The van der Waals surface area contributed by atoms with Gasteiger partial charge in [-0.1, -0.05) is 34.1 Å². The zero-order chi connectivity index (χ0) is 21.3. The number of carbonyl (C=O) groups is 1. The van der Waals surface area contributed by atoms with E-state index in [0.717, 1.165) is 10.0 Å². The van der Waals surface area contributed by atoms with Gasteiger partial charge in [-0.2, -0.15) is 8.42 Å². The fourth-order valence-corrected chi connectivity index (χ4v) is 4.19. The largest absolute Gasteiger partial charge is 0.497 e. The molecule has 0 bridgehead atoms. The number of ether oxygens (including phenoxy) is 2. The number of fused-ring (bicyclic) bond motifs is 1. The maximum Gasteiger partial charge on any atom is 0.339 e. The molecule has 1 aliphatic heterocycles. The van der Waals surface area contributed by atoms with E-state index in [-0.39, 0.29) is 27.9 Å². The van der Waals surface area contributed by atoms with E-state index in [1.807, 2.05) is 24.3 Å².